The van der Waals surface area contributed by atoms with Crippen molar-refractivity contribution in [3.05, 3.63) is 102 Å². The number of aromatic hydroxyl groups is 1. The highest BCUT2D eigenvalue weighted by molar-refractivity contribution is 7.13. The Morgan fingerprint density at radius 2 is 1.62 bits per heavy atom. The van der Waals surface area contributed by atoms with Gasteiger partial charge >= 0.3 is 6.09 Å². The zero-order valence-electron chi connectivity index (χ0n) is 45.4. The molecule has 4 saturated heterocycles. The number of aliphatic hydroxyl groups excluding tert-OH is 1. The fourth-order valence-electron chi connectivity index (χ4n) is 11.9. The highest BCUT2D eigenvalue weighted by Gasteiger charge is 2.45. The Morgan fingerprint density at radius 1 is 0.863 bits per heavy atom. The number of nitrogens with two attached hydrogens (primary N) is 1. The van der Waals surface area contributed by atoms with E-state index in [1.54, 1.807) is 34.4 Å². The smallest absolute Gasteiger partial charge is 0.409 e. The molecule has 6 atom stereocenters. The Bertz CT molecular complexity index is 3130. The predicted octanol–water partition coefficient (Wildman–Crippen LogP) is 7.29. The van der Waals surface area contributed by atoms with Gasteiger partial charge in [-0.1, -0.05) is 50.2 Å². The number of thiazole rings is 1. The van der Waals surface area contributed by atoms with Crippen LogP contribution in [0.15, 0.2) is 89.0 Å². The fraction of sp³-hybridized carbons (Fsp3) is 0.483. The Morgan fingerprint density at radius 3 is 2.35 bits per heavy atom. The number of benzene rings is 2. The molecule has 5 fully saturated rings. The van der Waals surface area contributed by atoms with Gasteiger partial charge in [0.1, 0.15) is 37.0 Å². The van der Waals surface area contributed by atoms with Crippen molar-refractivity contribution in [2.75, 3.05) is 61.5 Å². The molecule has 5 N–H and O–H groups in total. The quantitative estimate of drug-likeness (QED) is 0.0616. The molecule has 3 amide bonds. The number of aryl methyl sites for hydroxylation is 1. The first-order chi connectivity index (χ1) is 38.7. The molecule has 0 radical (unpaired) electrons. The minimum Gasteiger partial charge on any atom is -0.507 e. The summed E-state index contributed by atoms with van der Waals surface area (Å²) >= 11 is 1.58. The number of nitrogen functional groups attached to an aromatic ring is 1. The maximum absolute atomic E-state index is 14.2. The zero-order chi connectivity index (χ0) is 55.6. The van der Waals surface area contributed by atoms with Crippen LogP contribution in [-0.4, -0.2) is 152 Å². The van der Waals surface area contributed by atoms with E-state index < -0.39 is 24.2 Å². The highest BCUT2D eigenvalue weighted by Crippen LogP contribution is 2.41. The first-order valence-electron chi connectivity index (χ1n) is 27.8. The molecule has 11 rings (SSSR count). The number of phenolic OH excluding ortho intramolecular Hbond substituents is 1. The first kappa shape index (κ1) is 54.4. The summed E-state index contributed by atoms with van der Waals surface area (Å²) < 4.78 is 29.8. The largest absolute Gasteiger partial charge is 0.507 e. The van der Waals surface area contributed by atoms with Crippen LogP contribution in [0.3, 0.4) is 0 Å². The summed E-state index contributed by atoms with van der Waals surface area (Å²) in [7, 11) is 0. The van der Waals surface area contributed by atoms with Crippen LogP contribution >= 0.6 is 11.3 Å². The van der Waals surface area contributed by atoms with Gasteiger partial charge in [0.15, 0.2) is 11.6 Å². The van der Waals surface area contributed by atoms with Crippen LogP contribution in [0.25, 0.3) is 21.7 Å². The molecule has 8 heterocycles. The van der Waals surface area contributed by atoms with Crippen LogP contribution in [-0.2, 0) is 19.1 Å². The number of carbonyl (C=O) groups is 3. The van der Waals surface area contributed by atoms with Crippen molar-refractivity contribution in [3.63, 3.8) is 0 Å². The number of hydrogen-bond acceptors (Lipinski definition) is 19. The van der Waals surface area contributed by atoms with Gasteiger partial charge in [-0.25, -0.2) is 14.8 Å². The third-order valence-electron chi connectivity index (χ3n) is 16.2. The standard InChI is InChI=1S/C58H69N11O10S/c1-33(2)53(57(73)68-31-41(70)24-48(68)56(72)62-34(3)36-9-11-37(12-10-36)54-35(4)61-32-80-54)50-28-52(65-79-50)75-21-22-76-58(74)66-19-16-42(17-20-66)77-43-25-44(26-43)78-51-23-38(15-18-60-51)69-39-13-14-40(69)30-67(29-39)47-27-46(63-64-55(47)59)45-7-5-6-8-49(45)71/h5-12,15,18,23,27-28,32-34,39-44,48,53,70-71H,13-14,16-17,19-22,24-26,29-31H2,1-4H3,(H2,59,64)(H,62,72)/t34?,39?,40?,41-,43?,44?,48+,53-/m1/s1. The van der Waals surface area contributed by atoms with Crippen LogP contribution in [0, 0.1) is 12.8 Å². The second-order valence-corrected chi connectivity index (χ2v) is 22.8. The minimum atomic E-state index is -0.873. The maximum Gasteiger partial charge on any atom is 0.409 e. The number of hydrogen-bond donors (Lipinski definition) is 4. The van der Waals surface area contributed by atoms with Gasteiger partial charge in [0.25, 0.3) is 5.88 Å². The minimum absolute atomic E-state index is 0.000595. The van der Waals surface area contributed by atoms with E-state index in [2.05, 4.69) is 46.5 Å². The van der Waals surface area contributed by atoms with Crippen LogP contribution in [0.1, 0.15) is 94.7 Å². The zero-order valence-corrected chi connectivity index (χ0v) is 46.2. The van der Waals surface area contributed by atoms with E-state index in [9.17, 15) is 24.6 Å². The summed E-state index contributed by atoms with van der Waals surface area (Å²) in [6.45, 7) is 10.2. The molecule has 0 spiro atoms. The van der Waals surface area contributed by atoms with Crippen LogP contribution in [0.4, 0.5) is 22.0 Å². The molecule has 21 nitrogen and oxygen atoms in total. The van der Waals surface area contributed by atoms with Gasteiger partial charge < -0.3 is 64.3 Å². The van der Waals surface area contributed by atoms with Crippen molar-refractivity contribution in [2.24, 2.45) is 5.92 Å². The summed E-state index contributed by atoms with van der Waals surface area (Å²) in [4.78, 5) is 58.9. The Labute approximate surface area is 468 Å². The molecular formula is C58H69N11O10S. The number of piperazine rings is 1. The summed E-state index contributed by atoms with van der Waals surface area (Å²) in [5, 5.41) is 36.8. The number of aliphatic hydroxyl groups is 1. The fourth-order valence-corrected chi connectivity index (χ4v) is 12.7. The maximum atomic E-state index is 14.2. The Balaban J connectivity index is 0.587. The summed E-state index contributed by atoms with van der Waals surface area (Å²) in [6.07, 6.45) is 5.72. The Hall–Kier alpha value is -7.56. The Kier molecular flexibility index (Phi) is 16.1. The van der Waals surface area contributed by atoms with Crippen molar-refractivity contribution >= 4 is 46.4 Å². The summed E-state index contributed by atoms with van der Waals surface area (Å²) in [5.74, 6) is -0.231. The van der Waals surface area contributed by atoms with Crippen molar-refractivity contribution in [3.8, 4) is 39.2 Å². The lowest BCUT2D eigenvalue weighted by atomic mass is 9.91. The molecule has 5 aliphatic rings. The normalized spacial score (nSPS) is 22.7. The number of fused-ring (bicyclic) bond motifs is 2. The van der Waals surface area contributed by atoms with E-state index in [1.165, 1.54) is 4.90 Å². The first-order valence-corrected chi connectivity index (χ1v) is 28.6. The van der Waals surface area contributed by atoms with Gasteiger partial charge in [-0.2, -0.15) is 0 Å². The van der Waals surface area contributed by atoms with E-state index >= 15 is 0 Å². The third-order valence-corrected chi connectivity index (χ3v) is 17.2. The lowest BCUT2D eigenvalue weighted by Crippen LogP contribution is -2.54. The number of carbonyl (C=O) groups excluding carboxylic acids is 3. The van der Waals surface area contributed by atoms with Crippen LogP contribution in [0.2, 0.25) is 0 Å². The van der Waals surface area contributed by atoms with Crippen molar-refractivity contribution in [1.29, 1.82) is 0 Å². The van der Waals surface area contributed by atoms with Crippen molar-refractivity contribution in [2.45, 2.75) is 127 Å². The summed E-state index contributed by atoms with van der Waals surface area (Å²) in [5.41, 5.74) is 14.2. The molecule has 2 bridgehead atoms. The average Bonchev–Trinajstić information content (AvgIpc) is 4.30. The number of β-amino-alcohol motifs (C(OH)–C–C–N with tert-alkyl or cyclic N) is 1. The molecule has 3 unspecified atom stereocenters. The van der Waals surface area contributed by atoms with E-state index in [1.807, 2.05) is 87.9 Å². The number of piperidine rings is 1. The average molecular weight is 1110 g/mol. The molecule has 422 valence electrons. The topological polar surface area (TPSA) is 257 Å². The van der Waals surface area contributed by atoms with E-state index in [4.69, 9.17) is 29.2 Å². The van der Waals surface area contributed by atoms with E-state index in [0.29, 0.717) is 48.9 Å². The highest BCUT2D eigenvalue weighted by atomic mass is 32.1. The third kappa shape index (κ3) is 11.8. The number of nitrogens with zero attached hydrogens (tertiary/aromatic N) is 9. The summed E-state index contributed by atoms with van der Waals surface area (Å²) in [6, 6.07) is 21.9. The molecule has 22 heteroatoms. The molecule has 6 aromatic rings. The van der Waals surface area contributed by atoms with Gasteiger partial charge in [0, 0.05) is 93.7 Å². The van der Waals surface area contributed by atoms with Gasteiger partial charge in [-0.15, -0.1) is 21.5 Å². The number of aromatic nitrogens is 5. The number of phenols is 1. The molecule has 80 heavy (non-hydrogen) atoms. The number of nitrogens with one attached hydrogen (secondary N) is 1. The van der Waals surface area contributed by atoms with Crippen LogP contribution < -0.4 is 30.3 Å². The molecule has 2 aromatic carbocycles. The lowest BCUT2D eigenvalue weighted by molar-refractivity contribution is -0.141. The molecule has 4 aromatic heterocycles. The number of rotatable bonds is 18. The molecule has 1 saturated carbocycles. The molecule has 1 aliphatic carbocycles. The number of likely N-dealkylation sites (tertiary alicyclic amines) is 2. The number of ether oxygens (including phenoxy) is 4. The van der Waals surface area contributed by atoms with Gasteiger partial charge in [0.05, 0.1) is 51.8 Å². The van der Waals surface area contributed by atoms with Crippen molar-refractivity contribution < 1.29 is 48.1 Å². The lowest BCUT2D eigenvalue weighted by Gasteiger charge is -2.43. The number of pyridine rings is 1. The van der Waals surface area contributed by atoms with Gasteiger partial charge in [-0.05, 0) is 86.0 Å². The van der Waals surface area contributed by atoms with E-state index in [0.717, 1.165) is 71.8 Å². The van der Waals surface area contributed by atoms with Gasteiger partial charge in [0.2, 0.25) is 17.7 Å². The monoisotopic (exact) mass is 1110 g/mol. The second-order valence-electron chi connectivity index (χ2n) is 22.0. The van der Waals surface area contributed by atoms with Crippen LogP contribution in [0.5, 0.6) is 17.5 Å². The van der Waals surface area contributed by atoms with Crippen molar-refractivity contribution in [1.82, 2.24) is 40.4 Å². The predicted molar refractivity (Wildman–Crippen MR) is 298 cm³/mol. The molecule has 4 aliphatic heterocycles. The number of anilines is 3. The molecular weight excluding hydrogens is 1040 g/mol. The van der Waals surface area contributed by atoms with E-state index in [-0.39, 0.29) is 97.7 Å². The number of para-hydroxylation sites is 1. The second kappa shape index (κ2) is 23.6. The van der Waals surface area contributed by atoms with Gasteiger partial charge in [-0.3, -0.25) is 9.59 Å². The SMILES string of the molecule is Cc1ncsc1-c1ccc(C(C)NC(=O)[C@@H]2C[C@@H](O)CN2C(=O)[C@@H](c2cc(OCCOC(=O)N3CCC(OC4CC(Oc5cc(N6C7CCC6CN(c6cc(-c8ccccc8O)nnc6N)C7)ccn5)C4)CC3)no2)C(C)C)cc1. The number of amides is 3.